The molecule has 2 heterocycles. The molecule has 0 fully saturated rings. The number of fused-ring (bicyclic) bond motifs is 1. The molecule has 1 aromatic carbocycles. The van der Waals surface area contributed by atoms with Gasteiger partial charge in [0, 0.05) is 13.1 Å². The van der Waals surface area contributed by atoms with Crippen molar-refractivity contribution in [3.05, 3.63) is 41.0 Å². The number of benzene rings is 1. The highest BCUT2D eigenvalue weighted by Crippen LogP contribution is 2.23. The van der Waals surface area contributed by atoms with Crippen molar-refractivity contribution in [1.29, 1.82) is 0 Å². The van der Waals surface area contributed by atoms with Gasteiger partial charge < -0.3 is 10.6 Å². The number of nitrogens with zero attached hydrogens (tertiary/aromatic N) is 4. The molecule has 0 aliphatic carbocycles. The molecule has 0 saturated carbocycles. The van der Waals surface area contributed by atoms with Crippen molar-refractivity contribution >= 4 is 46.1 Å². The number of rotatable bonds is 8. The van der Waals surface area contributed by atoms with E-state index in [1.165, 1.54) is 11.8 Å². The molecule has 0 spiro atoms. The predicted octanol–water partition coefficient (Wildman–Crippen LogP) is 3.45. The predicted molar refractivity (Wildman–Crippen MR) is 110 cm³/mol. The van der Waals surface area contributed by atoms with Crippen LogP contribution >= 0.6 is 23.4 Å². The van der Waals surface area contributed by atoms with E-state index in [1.54, 1.807) is 35.1 Å². The van der Waals surface area contributed by atoms with Gasteiger partial charge in [0.05, 0.1) is 28.7 Å². The van der Waals surface area contributed by atoms with Crippen LogP contribution in [0.15, 0.2) is 35.6 Å². The van der Waals surface area contributed by atoms with Crippen LogP contribution in [0, 0.1) is 0 Å². The molecular formula is C18H21ClN6OS. The first-order valence-electron chi connectivity index (χ1n) is 8.68. The summed E-state index contributed by atoms with van der Waals surface area (Å²) in [6, 6.07) is 6.98. The van der Waals surface area contributed by atoms with Crippen LogP contribution in [0.5, 0.6) is 0 Å². The molecule has 2 N–H and O–H groups in total. The summed E-state index contributed by atoms with van der Waals surface area (Å²) in [5, 5.41) is 12.6. The zero-order chi connectivity index (χ0) is 19.2. The van der Waals surface area contributed by atoms with Crippen molar-refractivity contribution in [2.24, 2.45) is 0 Å². The minimum atomic E-state index is -0.207. The molecule has 0 aliphatic rings. The number of amides is 1. The van der Waals surface area contributed by atoms with Gasteiger partial charge in [-0.1, -0.05) is 42.4 Å². The van der Waals surface area contributed by atoms with E-state index >= 15 is 0 Å². The maximum atomic E-state index is 12.3. The van der Waals surface area contributed by atoms with Gasteiger partial charge in [-0.15, -0.1) is 0 Å². The molecular weight excluding hydrogens is 384 g/mol. The zero-order valence-electron chi connectivity index (χ0n) is 15.2. The molecule has 0 aliphatic heterocycles. The van der Waals surface area contributed by atoms with Crippen LogP contribution < -0.4 is 10.6 Å². The number of anilines is 1. The number of nitrogens with one attached hydrogen (secondary N) is 2. The zero-order valence-corrected chi connectivity index (χ0v) is 16.8. The molecule has 7 nitrogen and oxygen atoms in total. The van der Waals surface area contributed by atoms with Crippen molar-refractivity contribution in [3.8, 4) is 0 Å². The molecule has 27 heavy (non-hydrogen) atoms. The Bertz CT molecular complexity index is 945. The van der Waals surface area contributed by atoms with E-state index in [0.717, 1.165) is 29.8 Å². The molecule has 0 saturated heterocycles. The number of thioether (sulfide) groups is 1. The second-order valence-corrected chi connectivity index (χ2v) is 7.01. The average molecular weight is 405 g/mol. The fraction of sp³-hybridized carbons (Fsp3) is 0.333. The SMILES string of the molecule is CCCNc1nc(SC)nc2c1cnn2CCNC(=O)c1ccccc1Cl. The van der Waals surface area contributed by atoms with Gasteiger partial charge >= 0.3 is 0 Å². The van der Waals surface area contributed by atoms with Crippen molar-refractivity contribution < 1.29 is 4.79 Å². The first-order valence-corrected chi connectivity index (χ1v) is 10.3. The molecule has 0 unspecified atom stereocenters. The average Bonchev–Trinajstić information content (AvgIpc) is 3.09. The van der Waals surface area contributed by atoms with Crippen LogP contribution in [-0.4, -0.2) is 45.0 Å². The maximum absolute atomic E-state index is 12.3. The summed E-state index contributed by atoms with van der Waals surface area (Å²) >= 11 is 7.55. The minimum absolute atomic E-state index is 0.207. The van der Waals surface area contributed by atoms with Gasteiger partial charge in [0.25, 0.3) is 5.91 Å². The van der Waals surface area contributed by atoms with Gasteiger partial charge in [-0.2, -0.15) is 5.10 Å². The smallest absolute Gasteiger partial charge is 0.252 e. The third kappa shape index (κ3) is 4.51. The van der Waals surface area contributed by atoms with Crippen molar-refractivity contribution in [3.63, 3.8) is 0 Å². The second kappa shape index (κ2) is 9.05. The van der Waals surface area contributed by atoms with Gasteiger partial charge in [-0.25, -0.2) is 14.6 Å². The number of hydrogen-bond acceptors (Lipinski definition) is 6. The van der Waals surface area contributed by atoms with Crippen LogP contribution in [0.4, 0.5) is 5.82 Å². The fourth-order valence-electron chi connectivity index (χ4n) is 2.58. The second-order valence-electron chi connectivity index (χ2n) is 5.83. The summed E-state index contributed by atoms with van der Waals surface area (Å²) in [6.45, 7) is 3.85. The number of carbonyl (C=O) groups excluding carboxylic acids is 1. The lowest BCUT2D eigenvalue weighted by atomic mass is 10.2. The van der Waals surface area contributed by atoms with Gasteiger partial charge in [0.1, 0.15) is 5.82 Å². The summed E-state index contributed by atoms with van der Waals surface area (Å²) in [7, 11) is 0. The van der Waals surface area contributed by atoms with Gasteiger partial charge in [0.2, 0.25) is 0 Å². The molecule has 0 bridgehead atoms. The lowest BCUT2D eigenvalue weighted by Crippen LogP contribution is -2.27. The van der Waals surface area contributed by atoms with Crippen LogP contribution in [0.1, 0.15) is 23.7 Å². The number of carbonyl (C=O) groups is 1. The van der Waals surface area contributed by atoms with E-state index in [2.05, 4.69) is 32.6 Å². The molecule has 2 aromatic heterocycles. The minimum Gasteiger partial charge on any atom is -0.369 e. The Morgan fingerprint density at radius 2 is 2.07 bits per heavy atom. The summed E-state index contributed by atoms with van der Waals surface area (Å²) in [5.41, 5.74) is 1.21. The maximum Gasteiger partial charge on any atom is 0.252 e. The lowest BCUT2D eigenvalue weighted by molar-refractivity contribution is 0.0952. The number of halogens is 1. The van der Waals surface area contributed by atoms with Crippen LogP contribution in [0.3, 0.4) is 0 Å². The Morgan fingerprint density at radius 3 is 2.81 bits per heavy atom. The molecule has 3 aromatic rings. The third-order valence-electron chi connectivity index (χ3n) is 3.93. The van der Waals surface area contributed by atoms with E-state index in [1.807, 2.05) is 6.26 Å². The van der Waals surface area contributed by atoms with Crippen molar-refractivity contribution in [2.75, 3.05) is 24.7 Å². The summed E-state index contributed by atoms with van der Waals surface area (Å²) in [6.07, 6.45) is 4.70. The molecule has 0 radical (unpaired) electrons. The van der Waals surface area contributed by atoms with Crippen LogP contribution in [0.2, 0.25) is 5.02 Å². The van der Waals surface area contributed by atoms with E-state index in [9.17, 15) is 4.79 Å². The fourth-order valence-corrected chi connectivity index (χ4v) is 3.17. The molecule has 0 atom stereocenters. The Balaban J connectivity index is 1.73. The molecule has 1 amide bonds. The van der Waals surface area contributed by atoms with E-state index < -0.39 is 0 Å². The summed E-state index contributed by atoms with van der Waals surface area (Å²) < 4.78 is 1.78. The Kier molecular flexibility index (Phi) is 6.52. The summed E-state index contributed by atoms with van der Waals surface area (Å²) in [4.78, 5) is 21.4. The van der Waals surface area contributed by atoms with E-state index in [0.29, 0.717) is 28.8 Å². The quantitative estimate of drug-likeness (QED) is 0.442. The standard InChI is InChI=1S/C18H21ClN6OS/c1-3-8-20-15-13-11-22-25(16(13)24-18(23-15)27-2)10-9-21-17(26)12-6-4-5-7-14(12)19/h4-7,11H,3,8-10H2,1-2H3,(H,21,26)(H,20,23,24). The van der Waals surface area contributed by atoms with Gasteiger partial charge in [-0.3, -0.25) is 4.79 Å². The first kappa shape index (κ1) is 19.4. The van der Waals surface area contributed by atoms with E-state index in [4.69, 9.17) is 11.6 Å². The summed E-state index contributed by atoms with van der Waals surface area (Å²) in [5.74, 6) is 0.583. The molecule has 3 rings (SSSR count). The van der Waals surface area contributed by atoms with Crippen molar-refractivity contribution in [1.82, 2.24) is 25.1 Å². The monoisotopic (exact) mass is 404 g/mol. The Hall–Kier alpha value is -2.32. The van der Waals surface area contributed by atoms with E-state index in [-0.39, 0.29) is 5.91 Å². The largest absolute Gasteiger partial charge is 0.369 e. The van der Waals surface area contributed by atoms with Gasteiger partial charge in [-0.05, 0) is 24.8 Å². The van der Waals surface area contributed by atoms with Crippen LogP contribution in [0.25, 0.3) is 11.0 Å². The highest BCUT2D eigenvalue weighted by atomic mass is 35.5. The topological polar surface area (TPSA) is 84.7 Å². The molecule has 9 heteroatoms. The third-order valence-corrected chi connectivity index (χ3v) is 4.81. The Labute approximate surface area is 166 Å². The highest BCUT2D eigenvalue weighted by Gasteiger charge is 2.13. The highest BCUT2D eigenvalue weighted by molar-refractivity contribution is 7.98. The van der Waals surface area contributed by atoms with Gasteiger partial charge in [0.15, 0.2) is 10.8 Å². The normalized spacial score (nSPS) is 10.9. The van der Waals surface area contributed by atoms with Crippen LogP contribution in [-0.2, 0) is 6.54 Å². The van der Waals surface area contributed by atoms with Crippen molar-refractivity contribution in [2.45, 2.75) is 25.0 Å². The first-order chi connectivity index (χ1) is 13.1. The lowest BCUT2D eigenvalue weighted by Gasteiger charge is -2.09. The molecule has 142 valence electrons. The number of aromatic nitrogens is 4. The number of hydrogen-bond donors (Lipinski definition) is 2. The Morgan fingerprint density at radius 1 is 1.26 bits per heavy atom.